The van der Waals surface area contributed by atoms with Gasteiger partial charge in [-0.15, -0.1) is 6.58 Å². The lowest BCUT2D eigenvalue weighted by Gasteiger charge is -2.37. The predicted molar refractivity (Wildman–Crippen MR) is 136 cm³/mol. The van der Waals surface area contributed by atoms with Gasteiger partial charge in [-0.05, 0) is 83.9 Å². The molecule has 0 bridgehead atoms. The molecule has 0 fully saturated rings. The van der Waals surface area contributed by atoms with Gasteiger partial charge in [0.25, 0.3) is 0 Å². The maximum Gasteiger partial charge on any atom is 0.352 e. The van der Waals surface area contributed by atoms with Crippen LogP contribution in [0.1, 0.15) is 12.8 Å². The van der Waals surface area contributed by atoms with Gasteiger partial charge in [0.15, 0.2) is 25.7 Å². The maximum absolute atomic E-state index is 8.91. The lowest BCUT2D eigenvalue weighted by atomic mass is 10.5. The van der Waals surface area contributed by atoms with Crippen molar-refractivity contribution in [2.45, 2.75) is 83.9 Å². The van der Waals surface area contributed by atoms with E-state index in [4.69, 9.17) is 27.0 Å². The SMILES string of the molecule is C=C[Si](C)(OC)O[Si](C)(C)O[Si](C)(C)CCCO.C[SiH](C)O[Si](C)(C)CCCO. The van der Waals surface area contributed by atoms with Gasteiger partial charge in [-0.2, -0.15) is 0 Å². The topological polar surface area (TPSA) is 77.4 Å². The number of hydrogen-bond donors (Lipinski definition) is 2. The van der Waals surface area contributed by atoms with Crippen LogP contribution in [0.4, 0.5) is 0 Å². The van der Waals surface area contributed by atoms with Crippen molar-refractivity contribution in [3.8, 4) is 0 Å². The van der Waals surface area contributed by atoms with Crippen molar-refractivity contribution in [3.05, 3.63) is 12.3 Å². The molecular weight excluding hydrogens is 453 g/mol. The first-order valence-corrected chi connectivity index (χ1v) is 24.8. The highest BCUT2D eigenvalue weighted by atomic mass is 28.5. The number of hydrogen-bond acceptors (Lipinski definition) is 6. The van der Waals surface area contributed by atoms with Crippen molar-refractivity contribution in [2.75, 3.05) is 20.3 Å². The highest BCUT2D eigenvalue weighted by molar-refractivity contribution is 6.87. The average molecular weight is 501 g/mol. The van der Waals surface area contributed by atoms with Crippen molar-refractivity contribution in [1.29, 1.82) is 0 Å². The fourth-order valence-electron chi connectivity index (χ4n) is 3.10. The highest BCUT2D eigenvalue weighted by Gasteiger charge is 2.41. The number of aliphatic hydroxyl groups excluding tert-OH is 2. The second kappa shape index (κ2) is 14.6. The first-order chi connectivity index (χ1) is 13.1. The highest BCUT2D eigenvalue weighted by Crippen LogP contribution is 2.24. The van der Waals surface area contributed by atoms with Crippen molar-refractivity contribution in [3.63, 3.8) is 0 Å². The Morgan fingerprint density at radius 3 is 1.62 bits per heavy atom. The first kappa shape index (κ1) is 31.8. The summed E-state index contributed by atoms with van der Waals surface area (Å²) in [6.07, 6.45) is 1.70. The summed E-state index contributed by atoms with van der Waals surface area (Å²) in [6.45, 7) is 23.6. The van der Waals surface area contributed by atoms with Gasteiger partial charge in [-0.1, -0.05) is 5.70 Å². The summed E-state index contributed by atoms with van der Waals surface area (Å²) >= 11 is 0. The van der Waals surface area contributed by atoms with Crippen LogP contribution in [0.2, 0.25) is 71.0 Å². The Balaban J connectivity index is 0. The Morgan fingerprint density at radius 1 is 0.828 bits per heavy atom. The second-order valence-electron chi connectivity index (χ2n) is 9.37. The molecule has 0 heterocycles. The summed E-state index contributed by atoms with van der Waals surface area (Å²) < 4.78 is 23.8. The fourth-order valence-corrected chi connectivity index (χ4v) is 21.7. The Kier molecular flexibility index (Phi) is 16.0. The van der Waals surface area contributed by atoms with Crippen LogP contribution < -0.4 is 0 Å². The van der Waals surface area contributed by atoms with Gasteiger partial charge in [0.2, 0.25) is 0 Å². The first-order valence-electron chi connectivity index (χ1n) is 10.6. The Morgan fingerprint density at radius 2 is 1.28 bits per heavy atom. The summed E-state index contributed by atoms with van der Waals surface area (Å²) in [5, 5.41) is 17.6. The third kappa shape index (κ3) is 17.9. The molecule has 0 aromatic carbocycles. The largest absolute Gasteiger partial charge is 0.458 e. The molecule has 2 N–H and O–H groups in total. The molecule has 176 valence electrons. The molecule has 0 aliphatic rings. The van der Waals surface area contributed by atoms with Gasteiger partial charge in [0, 0.05) is 20.3 Å². The van der Waals surface area contributed by atoms with E-state index in [1.54, 1.807) is 12.8 Å². The molecule has 0 saturated carbocycles. The minimum atomic E-state index is -2.29. The molecule has 0 aliphatic heterocycles. The van der Waals surface area contributed by atoms with Gasteiger partial charge >= 0.3 is 17.1 Å². The van der Waals surface area contributed by atoms with E-state index in [-0.39, 0.29) is 6.61 Å². The van der Waals surface area contributed by atoms with E-state index >= 15 is 0 Å². The van der Waals surface area contributed by atoms with Crippen LogP contribution in [0, 0.1) is 0 Å². The fraction of sp³-hybridized carbons (Fsp3) is 0.889. The number of aliphatic hydroxyl groups is 2. The maximum atomic E-state index is 8.91. The van der Waals surface area contributed by atoms with Gasteiger partial charge in [0.1, 0.15) is 0 Å². The molecule has 29 heavy (non-hydrogen) atoms. The molecule has 11 heteroatoms. The third-order valence-electron chi connectivity index (χ3n) is 4.18. The molecular formula is C18H48O6Si5. The zero-order valence-corrected chi connectivity index (χ0v) is 25.8. The molecule has 0 radical (unpaired) electrons. The second-order valence-corrected chi connectivity index (χ2v) is 27.7. The molecule has 0 rings (SSSR count). The Bertz CT molecular complexity index is 448. The average Bonchev–Trinajstić information content (AvgIpc) is 2.56. The molecule has 0 aromatic rings. The lowest BCUT2D eigenvalue weighted by Crippen LogP contribution is -2.53. The van der Waals surface area contributed by atoms with Crippen LogP contribution >= 0.6 is 0 Å². The monoisotopic (exact) mass is 500 g/mol. The van der Waals surface area contributed by atoms with E-state index in [1.165, 1.54) is 0 Å². The van der Waals surface area contributed by atoms with Crippen molar-refractivity contribution in [1.82, 2.24) is 0 Å². The van der Waals surface area contributed by atoms with Gasteiger partial charge in [-0.25, -0.2) is 0 Å². The molecule has 1 unspecified atom stereocenters. The van der Waals surface area contributed by atoms with Crippen LogP contribution in [0.3, 0.4) is 0 Å². The van der Waals surface area contributed by atoms with Crippen molar-refractivity contribution in [2.24, 2.45) is 0 Å². The standard InChI is InChI=1S/C11H28O4Si3.C7H20O2Si2/c1-8-18(7,13-2)15-17(5,6)14-16(3,4)11-9-10-12;1-10(2)9-11(3,4)7-5-6-8/h8,12H,1,9-11H2,2-7H3;8,10H,5-7H2,1-4H3. The summed E-state index contributed by atoms with van der Waals surface area (Å²) in [4.78, 5) is 0. The van der Waals surface area contributed by atoms with Gasteiger partial charge in [-0.3, -0.25) is 0 Å². The lowest BCUT2D eigenvalue weighted by molar-refractivity contribution is 0.279. The molecule has 6 nitrogen and oxygen atoms in total. The zero-order chi connectivity index (χ0) is 23.4. The van der Waals surface area contributed by atoms with Crippen LogP contribution in [0.25, 0.3) is 0 Å². The Labute approximate surface area is 186 Å². The quantitative estimate of drug-likeness (QED) is 0.346. The van der Waals surface area contributed by atoms with Crippen molar-refractivity contribution >= 4 is 42.8 Å². The van der Waals surface area contributed by atoms with E-state index in [1.807, 2.05) is 6.55 Å². The van der Waals surface area contributed by atoms with Crippen molar-refractivity contribution < 1.29 is 27.0 Å². The minimum Gasteiger partial charge on any atom is -0.458 e. The summed E-state index contributed by atoms with van der Waals surface area (Å²) in [5.41, 5.74) is 1.79. The minimum absolute atomic E-state index is 0.222. The third-order valence-corrected chi connectivity index (χ3v) is 21.0. The van der Waals surface area contributed by atoms with E-state index < -0.39 is 42.8 Å². The van der Waals surface area contributed by atoms with Crippen LogP contribution in [0.5, 0.6) is 0 Å². The number of rotatable bonds is 14. The summed E-state index contributed by atoms with van der Waals surface area (Å²) in [5.74, 6) is 0. The summed E-state index contributed by atoms with van der Waals surface area (Å²) in [6, 6.07) is 2.04. The van der Waals surface area contributed by atoms with E-state index in [2.05, 4.69) is 59.0 Å². The van der Waals surface area contributed by atoms with Crippen LogP contribution in [0.15, 0.2) is 12.3 Å². The Hall–Kier alpha value is 0.584. The van der Waals surface area contributed by atoms with E-state index in [0.29, 0.717) is 6.61 Å². The zero-order valence-electron chi connectivity index (χ0n) is 20.6. The molecule has 0 aliphatic carbocycles. The van der Waals surface area contributed by atoms with E-state index in [0.717, 1.165) is 24.9 Å². The van der Waals surface area contributed by atoms with Crippen LogP contribution in [-0.4, -0.2) is 73.3 Å². The molecule has 0 amide bonds. The normalized spacial score (nSPS) is 14.9. The summed E-state index contributed by atoms with van der Waals surface area (Å²) in [7, 11) is -6.87. The molecule has 0 saturated heterocycles. The predicted octanol–water partition coefficient (Wildman–Crippen LogP) is 4.33. The van der Waals surface area contributed by atoms with E-state index in [9.17, 15) is 0 Å². The smallest absolute Gasteiger partial charge is 0.352 e. The van der Waals surface area contributed by atoms with Gasteiger partial charge in [0.05, 0.1) is 0 Å². The molecule has 0 aromatic heterocycles. The molecule has 0 spiro atoms. The van der Waals surface area contributed by atoms with Gasteiger partial charge < -0.3 is 27.0 Å². The molecule has 1 atom stereocenters. The van der Waals surface area contributed by atoms with Crippen LogP contribution in [-0.2, 0) is 16.8 Å².